The standard InChI is InChI=1S/C23H33N3O.HI/c1-3-24-23(26(2)15-11-19-12-16-27-17-13-19)25-14-10-20-8-9-21-6-4-5-7-22(21)18-20;/h4-9,18-19H,3,10-17H2,1-2H3,(H,24,25);1H. The van der Waals surface area contributed by atoms with Gasteiger partial charge in [-0.15, -0.1) is 24.0 Å². The number of halogens is 1. The molecule has 0 amide bonds. The van der Waals surface area contributed by atoms with E-state index in [-0.39, 0.29) is 24.0 Å². The highest BCUT2D eigenvalue weighted by Crippen LogP contribution is 2.18. The van der Waals surface area contributed by atoms with E-state index < -0.39 is 0 Å². The Bertz CT molecular complexity index is 743. The highest BCUT2D eigenvalue weighted by Gasteiger charge is 2.15. The Morgan fingerprint density at radius 3 is 2.64 bits per heavy atom. The number of nitrogens with zero attached hydrogens (tertiary/aromatic N) is 2. The molecule has 1 aliphatic heterocycles. The molecule has 0 atom stereocenters. The Hall–Kier alpha value is -1.34. The van der Waals surface area contributed by atoms with Crippen molar-refractivity contribution in [2.24, 2.45) is 10.9 Å². The number of ether oxygens (including phenoxy) is 1. The summed E-state index contributed by atoms with van der Waals surface area (Å²) in [6, 6.07) is 15.2. The molecule has 154 valence electrons. The number of aliphatic imine (C=N–C) groups is 1. The topological polar surface area (TPSA) is 36.9 Å². The maximum Gasteiger partial charge on any atom is 0.193 e. The van der Waals surface area contributed by atoms with Gasteiger partial charge in [-0.2, -0.15) is 0 Å². The van der Waals surface area contributed by atoms with E-state index in [1.165, 1.54) is 35.6 Å². The fraction of sp³-hybridized carbons (Fsp3) is 0.522. The molecule has 0 spiro atoms. The number of guanidine groups is 1. The molecule has 1 saturated heterocycles. The largest absolute Gasteiger partial charge is 0.381 e. The SMILES string of the molecule is CCNC(=NCCc1ccc2ccccc2c1)N(C)CCC1CCOCC1.I. The fourth-order valence-electron chi connectivity index (χ4n) is 3.67. The van der Waals surface area contributed by atoms with E-state index in [4.69, 9.17) is 9.73 Å². The van der Waals surface area contributed by atoms with Crippen LogP contribution in [0.1, 0.15) is 31.7 Å². The van der Waals surface area contributed by atoms with Crippen LogP contribution >= 0.6 is 24.0 Å². The lowest BCUT2D eigenvalue weighted by Gasteiger charge is -2.26. The minimum atomic E-state index is 0. The summed E-state index contributed by atoms with van der Waals surface area (Å²) in [5.41, 5.74) is 1.35. The van der Waals surface area contributed by atoms with Crippen LogP contribution in [0.3, 0.4) is 0 Å². The Morgan fingerprint density at radius 2 is 1.89 bits per heavy atom. The summed E-state index contributed by atoms with van der Waals surface area (Å²) in [6.45, 7) is 6.74. The van der Waals surface area contributed by atoms with Gasteiger partial charge in [-0.1, -0.05) is 42.5 Å². The molecule has 28 heavy (non-hydrogen) atoms. The van der Waals surface area contributed by atoms with Crippen molar-refractivity contribution in [3.63, 3.8) is 0 Å². The van der Waals surface area contributed by atoms with Crippen LogP contribution in [0.25, 0.3) is 10.8 Å². The zero-order chi connectivity index (χ0) is 18.9. The van der Waals surface area contributed by atoms with E-state index in [1.54, 1.807) is 0 Å². The van der Waals surface area contributed by atoms with Gasteiger partial charge in [-0.3, -0.25) is 4.99 Å². The van der Waals surface area contributed by atoms with Gasteiger partial charge in [0.1, 0.15) is 0 Å². The average molecular weight is 495 g/mol. The lowest BCUT2D eigenvalue weighted by Crippen LogP contribution is -2.40. The molecule has 2 aromatic carbocycles. The Kier molecular flexibility index (Phi) is 10.1. The lowest BCUT2D eigenvalue weighted by atomic mass is 9.96. The number of fused-ring (bicyclic) bond motifs is 1. The highest BCUT2D eigenvalue weighted by molar-refractivity contribution is 14.0. The van der Waals surface area contributed by atoms with E-state index in [1.807, 2.05) is 0 Å². The van der Waals surface area contributed by atoms with Crippen molar-refractivity contribution in [1.82, 2.24) is 10.2 Å². The van der Waals surface area contributed by atoms with E-state index >= 15 is 0 Å². The van der Waals surface area contributed by atoms with Gasteiger partial charge in [0.05, 0.1) is 0 Å². The van der Waals surface area contributed by atoms with E-state index in [0.29, 0.717) is 0 Å². The van der Waals surface area contributed by atoms with Crippen molar-refractivity contribution in [3.05, 3.63) is 48.0 Å². The maximum atomic E-state index is 5.46. The van der Waals surface area contributed by atoms with Crippen LogP contribution < -0.4 is 5.32 Å². The molecule has 1 heterocycles. The minimum absolute atomic E-state index is 0. The number of hydrogen-bond acceptors (Lipinski definition) is 2. The summed E-state index contributed by atoms with van der Waals surface area (Å²) in [6.07, 6.45) is 4.58. The quantitative estimate of drug-likeness (QED) is 0.343. The number of rotatable bonds is 7. The second-order valence-electron chi connectivity index (χ2n) is 7.43. The van der Waals surface area contributed by atoms with Gasteiger partial charge in [-0.05, 0) is 54.9 Å². The van der Waals surface area contributed by atoms with Crippen LogP contribution in [0, 0.1) is 5.92 Å². The molecule has 1 fully saturated rings. The summed E-state index contributed by atoms with van der Waals surface area (Å²) in [5, 5.41) is 6.04. The third kappa shape index (κ3) is 6.92. The monoisotopic (exact) mass is 495 g/mol. The Balaban J connectivity index is 0.00000280. The van der Waals surface area contributed by atoms with Crippen LogP contribution in [-0.4, -0.2) is 50.8 Å². The Morgan fingerprint density at radius 1 is 1.14 bits per heavy atom. The van der Waals surface area contributed by atoms with Crippen molar-refractivity contribution >= 4 is 40.7 Å². The number of nitrogens with one attached hydrogen (secondary N) is 1. The molecule has 0 radical (unpaired) electrons. The predicted octanol–water partition coefficient (Wildman–Crippen LogP) is 4.71. The molecule has 0 unspecified atom stereocenters. The molecular formula is C23H34IN3O. The molecule has 0 saturated carbocycles. The summed E-state index contributed by atoms with van der Waals surface area (Å²) >= 11 is 0. The van der Waals surface area contributed by atoms with Gasteiger partial charge >= 0.3 is 0 Å². The first kappa shape index (κ1) is 22.9. The molecule has 4 nitrogen and oxygen atoms in total. The smallest absolute Gasteiger partial charge is 0.193 e. The predicted molar refractivity (Wildman–Crippen MR) is 130 cm³/mol. The van der Waals surface area contributed by atoms with Crippen LogP contribution in [0.2, 0.25) is 0 Å². The molecular weight excluding hydrogens is 461 g/mol. The van der Waals surface area contributed by atoms with Gasteiger partial charge in [0.2, 0.25) is 0 Å². The van der Waals surface area contributed by atoms with E-state index in [0.717, 1.165) is 51.1 Å². The summed E-state index contributed by atoms with van der Waals surface area (Å²) < 4.78 is 5.46. The number of benzene rings is 2. The summed E-state index contributed by atoms with van der Waals surface area (Å²) in [4.78, 5) is 7.14. The molecule has 0 bridgehead atoms. The second kappa shape index (κ2) is 12.3. The second-order valence-corrected chi connectivity index (χ2v) is 7.43. The Labute approximate surface area is 186 Å². The first-order chi connectivity index (χ1) is 13.3. The normalized spacial score (nSPS) is 15.3. The van der Waals surface area contributed by atoms with Crippen LogP contribution in [0.5, 0.6) is 0 Å². The molecule has 1 N–H and O–H groups in total. The molecule has 0 aliphatic carbocycles. The van der Waals surface area contributed by atoms with Crippen molar-refractivity contribution in [3.8, 4) is 0 Å². The molecule has 5 heteroatoms. The maximum absolute atomic E-state index is 5.46. The van der Waals surface area contributed by atoms with Gasteiger partial charge in [-0.25, -0.2) is 0 Å². The van der Waals surface area contributed by atoms with Gasteiger partial charge in [0.25, 0.3) is 0 Å². The molecule has 1 aliphatic rings. The van der Waals surface area contributed by atoms with Crippen molar-refractivity contribution in [2.75, 3.05) is 39.9 Å². The first-order valence-corrected chi connectivity index (χ1v) is 10.3. The van der Waals surface area contributed by atoms with Crippen molar-refractivity contribution in [2.45, 2.75) is 32.6 Å². The zero-order valence-corrected chi connectivity index (χ0v) is 19.5. The third-order valence-corrected chi connectivity index (χ3v) is 5.39. The minimum Gasteiger partial charge on any atom is -0.381 e. The van der Waals surface area contributed by atoms with Crippen molar-refractivity contribution < 1.29 is 4.74 Å². The van der Waals surface area contributed by atoms with Crippen LogP contribution in [0.15, 0.2) is 47.5 Å². The zero-order valence-electron chi connectivity index (χ0n) is 17.2. The van der Waals surface area contributed by atoms with Gasteiger partial charge in [0, 0.05) is 39.9 Å². The van der Waals surface area contributed by atoms with Crippen molar-refractivity contribution in [1.29, 1.82) is 0 Å². The highest BCUT2D eigenvalue weighted by atomic mass is 127. The molecule has 3 rings (SSSR count). The van der Waals surface area contributed by atoms with E-state index in [9.17, 15) is 0 Å². The fourth-order valence-corrected chi connectivity index (χ4v) is 3.67. The van der Waals surface area contributed by atoms with Crippen LogP contribution in [0.4, 0.5) is 0 Å². The molecule has 2 aromatic rings. The van der Waals surface area contributed by atoms with Crippen LogP contribution in [-0.2, 0) is 11.2 Å². The average Bonchev–Trinajstić information content (AvgIpc) is 2.72. The number of hydrogen-bond donors (Lipinski definition) is 1. The van der Waals surface area contributed by atoms with E-state index in [2.05, 4.69) is 66.7 Å². The molecule has 0 aromatic heterocycles. The lowest BCUT2D eigenvalue weighted by molar-refractivity contribution is 0.0625. The summed E-state index contributed by atoms with van der Waals surface area (Å²) in [7, 11) is 2.15. The first-order valence-electron chi connectivity index (χ1n) is 10.3. The third-order valence-electron chi connectivity index (χ3n) is 5.39. The summed E-state index contributed by atoms with van der Waals surface area (Å²) in [5.74, 6) is 1.81. The van der Waals surface area contributed by atoms with Gasteiger partial charge in [0.15, 0.2) is 5.96 Å². The van der Waals surface area contributed by atoms with Gasteiger partial charge < -0.3 is 15.0 Å².